The number of hydrogen-bond acceptors (Lipinski definition) is 5. The molecule has 0 atom stereocenters. The summed E-state index contributed by atoms with van der Waals surface area (Å²) in [5.41, 5.74) is 1.82. The Morgan fingerprint density at radius 3 is 2.46 bits per heavy atom. The summed E-state index contributed by atoms with van der Waals surface area (Å²) < 4.78 is 5.51. The molecular weight excluding hydrogens is 364 g/mol. The molecule has 0 radical (unpaired) electrons. The van der Waals surface area contributed by atoms with Crippen LogP contribution in [0, 0.1) is 17.0 Å². The van der Waals surface area contributed by atoms with Crippen molar-refractivity contribution in [2.24, 2.45) is 0 Å². The quantitative estimate of drug-likeness (QED) is 0.495. The Hall–Kier alpha value is -3.94. The third-order valence-electron chi connectivity index (χ3n) is 4.10. The highest BCUT2D eigenvalue weighted by atomic mass is 16.6. The van der Waals surface area contributed by atoms with E-state index >= 15 is 0 Å². The normalized spacial score (nSPS) is 10.5. The number of amides is 1. The molecule has 0 aliphatic heterocycles. The molecule has 0 saturated carbocycles. The molecule has 1 amide bonds. The summed E-state index contributed by atoms with van der Waals surface area (Å²) >= 11 is 0. The van der Waals surface area contributed by atoms with Crippen molar-refractivity contribution in [1.29, 1.82) is 0 Å². The topological polar surface area (TPSA) is 123 Å². The van der Waals surface area contributed by atoms with Gasteiger partial charge in [-0.2, -0.15) is 0 Å². The van der Waals surface area contributed by atoms with E-state index in [2.05, 4.69) is 5.32 Å². The lowest BCUT2D eigenvalue weighted by Gasteiger charge is -2.04. The molecule has 28 heavy (non-hydrogen) atoms. The van der Waals surface area contributed by atoms with Gasteiger partial charge in [0, 0.05) is 12.6 Å². The van der Waals surface area contributed by atoms with Crippen LogP contribution in [0.2, 0.25) is 0 Å². The highest BCUT2D eigenvalue weighted by molar-refractivity contribution is 5.92. The van der Waals surface area contributed by atoms with Crippen LogP contribution in [0.3, 0.4) is 0 Å². The zero-order valence-corrected chi connectivity index (χ0v) is 14.8. The molecule has 0 aliphatic rings. The van der Waals surface area contributed by atoms with E-state index in [1.807, 2.05) is 0 Å². The van der Waals surface area contributed by atoms with Crippen molar-refractivity contribution in [3.63, 3.8) is 0 Å². The van der Waals surface area contributed by atoms with Crippen LogP contribution in [0.1, 0.15) is 32.0 Å². The molecule has 0 bridgehead atoms. The maximum Gasteiger partial charge on any atom is 0.335 e. The highest BCUT2D eigenvalue weighted by Gasteiger charge is 2.20. The first kappa shape index (κ1) is 18.8. The van der Waals surface area contributed by atoms with E-state index in [1.165, 1.54) is 30.3 Å². The van der Waals surface area contributed by atoms with Crippen LogP contribution in [0.4, 0.5) is 5.69 Å². The second-order valence-corrected chi connectivity index (χ2v) is 6.13. The first-order valence-corrected chi connectivity index (χ1v) is 8.31. The van der Waals surface area contributed by atoms with Gasteiger partial charge < -0.3 is 14.8 Å². The van der Waals surface area contributed by atoms with E-state index < -0.39 is 16.8 Å². The third kappa shape index (κ3) is 4.07. The van der Waals surface area contributed by atoms with Crippen molar-refractivity contribution in [2.75, 3.05) is 0 Å². The lowest BCUT2D eigenvalue weighted by atomic mass is 10.1. The number of rotatable bonds is 6. The van der Waals surface area contributed by atoms with Crippen LogP contribution in [-0.4, -0.2) is 21.9 Å². The van der Waals surface area contributed by atoms with Gasteiger partial charge in [0.25, 0.3) is 11.6 Å². The number of carboxylic acids is 1. The monoisotopic (exact) mass is 380 g/mol. The molecule has 1 heterocycles. The van der Waals surface area contributed by atoms with E-state index in [9.17, 15) is 19.7 Å². The van der Waals surface area contributed by atoms with Crippen LogP contribution >= 0.6 is 0 Å². The Bertz CT molecular complexity index is 1050. The number of benzene rings is 2. The summed E-state index contributed by atoms with van der Waals surface area (Å²) in [6.45, 7) is 1.93. The fourth-order valence-corrected chi connectivity index (χ4v) is 2.64. The van der Waals surface area contributed by atoms with Crippen molar-refractivity contribution >= 4 is 17.6 Å². The van der Waals surface area contributed by atoms with E-state index in [4.69, 9.17) is 9.52 Å². The Morgan fingerprint density at radius 1 is 1.11 bits per heavy atom. The molecule has 142 valence electrons. The maximum absolute atomic E-state index is 12.3. The van der Waals surface area contributed by atoms with Gasteiger partial charge >= 0.3 is 5.97 Å². The first-order chi connectivity index (χ1) is 13.3. The Labute approximate surface area is 159 Å². The van der Waals surface area contributed by atoms with Crippen LogP contribution in [0.15, 0.2) is 59.0 Å². The van der Waals surface area contributed by atoms with Gasteiger partial charge in [-0.05, 0) is 48.4 Å². The molecule has 1 aromatic heterocycles. The standard InChI is InChI=1S/C20H16N2O6/c1-12-2-7-15(16(10-12)22(26)27)17-8-9-18(28-17)19(23)21-11-13-3-5-14(6-4-13)20(24)25/h2-10H,11H2,1H3,(H,21,23)(H,24,25). The van der Waals surface area contributed by atoms with Gasteiger partial charge in [0.05, 0.1) is 16.1 Å². The molecule has 0 spiro atoms. The fourth-order valence-electron chi connectivity index (χ4n) is 2.64. The number of furan rings is 1. The zero-order chi connectivity index (χ0) is 20.3. The fraction of sp³-hybridized carbons (Fsp3) is 0.100. The molecule has 3 rings (SSSR count). The molecule has 2 N–H and O–H groups in total. The number of nitrogens with one attached hydrogen (secondary N) is 1. The molecule has 2 aromatic carbocycles. The molecule has 8 nitrogen and oxygen atoms in total. The van der Waals surface area contributed by atoms with Gasteiger partial charge in [-0.3, -0.25) is 14.9 Å². The average molecular weight is 380 g/mol. The Kier molecular flexibility index (Phi) is 5.21. The SMILES string of the molecule is Cc1ccc(-c2ccc(C(=O)NCc3ccc(C(=O)O)cc3)o2)c([N+](=O)[O-])c1. The summed E-state index contributed by atoms with van der Waals surface area (Å²) in [6.07, 6.45) is 0. The van der Waals surface area contributed by atoms with Crippen molar-refractivity contribution in [1.82, 2.24) is 5.32 Å². The number of carboxylic acid groups (broad SMARTS) is 1. The van der Waals surface area contributed by atoms with Crippen LogP contribution in [-0.2, 0) is 6.54 Å². The second-order valence-electron chi connectivity index (χ2n) is 6.13. The summed E-state index contributed by atoms with van der Waals surface area (Å²) in [4.78, 5) is 33.9. The predicted molar refractivity (Wildman–Crippen MR) is 100 cm³/mol. The summed E-state index contributed by atoms with van der Waals surface area (Å²) in [6, 6.07) is 13.8. The molecule has 8 heteroatoms. The maximum atomic E-state index is 12.3. The minimum atomic E-state index is -1.02. The second kappa shape index (κ2) is 7.75. The molecule has 0 aliphatic carbocycles. The van der Waals surface area contributed by atoms with E-state index in [0.717, 1.165) is 11.1 Å². The van der Waals surface area contributed by atoms with Gasteiger partial charge in [-0.15, -0.1) is 0 Å². The predicted octanol–water partition coefficient (Wildman–Crippen LogP) is 3.79. The summed E-state index contributed by atoms with van der Waals surface area (Å²) in [5.74, 6) is -1.26. The number of carbonyl (C=O) groups excluding carboxylic acids is 1. The minimum absolute atomic E-state index is 0.0204. The largest absolute Gasteiger partial charge is 0.478 e. The first-order valence-electron chi connectivity index (χ1n) is 8.31. The van der Waals surface area contributed by atoms with Crippen LogP contribution in [0.5, 0.6) is 0 Å². The molecule has 3 aromatic rings. The lowest BCUT2D eigenvalue weighted by Crippen LogP contribution is -2.22. The van der Waals surface area contributed by atoms with Crippen molar-refractivity contribution < 1.29 is 24.0 Å². The van der Waals surface area contributed by atoms with Gasteiger partial charge in [-0.25, -0.2) is 4.79 Å². The van der Waals surface area contributed by atoms with Gasteiger partial charge in [0.1, 0.15) is 5.76 Å². The Morgan fingerprint density at radius 2 is 1.82 bits per heavy atom. The van der Waals surface area contributed by atoms with Crippen LogP contribution in [0.25, 0.3) is 11.3 Å². The number of aryl methyl sites for hydroxylation is 1. The van der Waals surface area contributed by atoms with E-state index in [1.54, 1.807) is 31.2 Å². The number of carbonyl (C=O) groups is 2. The number of nitro benzene ring substituents is 1. The smallest absolute Gasteiger partial charge is 0.335 e. The van der Waals surface area contributed by atoms with E-state index in [0.29, 0.717) is 5.56 Å². The summed E-state index contributed by atoms with van der Waals surface area (Å²) in [7, 11) is 0. The zero-order valence-electron chi connectivity index (χ0n) is 14.8. The number of aromatic carboxylic acids is 1. The molecule has 0 saturated heterocycles. The molecule has 0 fully saturated rings. The number of nitrogens with zero attached hydrogens (tertiary/aromatic N) is 1. The average Bonchev–Trinajstić information content (AvgIpc) is 3.16. The Balaban J connectivity index is 1.72. The molecular formula is C20H16N2O6. The van der Waals surface area contributed by atoms with Crippen molar-refractivity contribution in [2.45, 2.75) is 13.5 Å². The number of hydrogen-bond donors (Lipinski definition) is 2. The van der Waals surface area contributed by atoms with Gasteiger partial charge in [0.2, 0.25) is 0 Å². The van der Waals surface area contributed by atoms with Crippen molar-refractivity contribution in [3.05, 3.63) is 87.2 Å². The lowest BCUT2D eigenvalue weighted by molar-refractivity contribution is -0.384. The van der Waals surface area contributed by atoms with Gasteiger partial charge in [0.15, 0.2) is 5.76 Å². The highest BCUT2D eigenvalue weighted by Crippen LogP contribution is 2.32. The third-order valence-corrected chi connectivity index (χ3v) is 4.10. The molecule has 0 unspecified atom stereocenters. The minimum Gasteiger partial charge on any atom is -0.478 e. The van der Waals surface area contributed by atoms with E-state index in [-0.39, 0.29) is 29.3 Å². The van der Waals surface area contributed by atoms with Crippen LogP contribution < -0.4 is 5.32 Å². The summed E-state index contributed by atoms with van der Waals surface area (Å²) in [5, 5.41) is 22.8. The van der Waals surface area contributed by atoms with Gasteiger partial charge in [-0.1, -0.05) is 18.2 Å². The van der Waals surface area contributed by atoms with Crippen molar-refractivity contribution in [3.8, 4) is 11.3 Å². The number of nitro groups is 1.